The molecule has 0 aromatic carbocycles. The molecule has 612 valence electrons. The zero-order chi connectivity index (χ0) is 78.0. The molecule has 0 fully saturated rings. The molecule has 0 saturated heterocycles. The Kier molecular flexibility index (Phi) is 77.0. The number of allylic oxidation sites excluding steroid dienone is 26. The lowest BCUT2D eigenvalue weighted by Crippen LogP contribution is -2.30. The highest BCUT2D eigenvalue weighted by molar-refractivity contribution is 7.47. The highest BCUT2D eigenvalue weighted by Crippen LogP contribution is 2.45. The van der Waals surface area contributed by atoms with Gasteiger partial charge in [-0.1, -0.05) is 314 Å². The van der Waals surface area contributed by atoms with Crippen LogP contribution in [-0.4, -0.2) is 95.9 Å². The van der Waals surface area contributed by atoms with Gasteiger partial charge in [-0.15, -0.1) is 0 Å². The third-order valence-corrected chi connectivity index (χ3v) is 19.1. The van der Waals surface area contributed by atoms with E-state index in [1.165, 1.54) is 77.0 Å². The Balaban J connectivity index is 4.72. The van der Waals surface area contributed by atoms with E-state index in [1.54, 1.807) is 0 Å². The average molecular weight is 1540 g/mol. The first kappa shape index (κ1) is 102. The molecule has 107 heavy (non-hydrogen) atoms. The van der Waals surface area contributed by atoms with Crippen molar-refractivity contribution >= 4 is 33.6 Å². The Morgan fingerprint density at radius 1 is 0.271 bits per heavy atom. The second-order valence-corrected chi connectivity index (χ2v) is 30.4. The summed E-state index contributed by atoms with van der Waals surface area (Å²) in [4.78, 5) is 58.8. The summed E-state index contributed by atoms with van der Waals surface area (Å²) in [5.74, 6) is -1.61. The normalized spacial score (nSPS) is 14.7. The molecule has 0 aliphatic heterocycles. The van der Waals surface area contributed by atoms with Crippen LogP contribution in [0.3, 0.4) is 0 Å². The monoisotopic (exact) mass is 1540 g/mol. The van der Waals surface area contributed by atoms with Gasteiger partial charge in [-0.3, -0.25) is 32.5 Å². The second kappa shape index (κ2) is 80.7. The van der Waals surface area contributed by atoms with Crippen molar-refractivity contribution in [2.75, 3.05) is 39.6 Å². The van der Waals surface area contributed by atoms with Crippen LogP contribution in [0, 0.1) is 0 Å². The van der Waals surface area contributed by atoms with E-state index in [1.807, 2.05) is 0 Å². The zero-order valence-corrected chi connectivity index (χ0v) is 68.8. The maximum absolute atomic E-state index is 13.0. The molecule has 4 N–H and O–H groups in total. The van der Waals surface area contributed by atoms with E-state index in [0.29, 0.717) is 19.3 Å². The van der Waals surface area contributed by atoms with Gasteiger partial charge in [-0.05, 0) is 154 Å². The third-order valence-electron chi connectivity index (χ3n) is 17.2. The number of esters is 3. The van der Waals surface area contributed by atoms with Gasteiger partial charge in [0, 0.05) is 19.3 Å². The summed E-state index contributed by atoms with van der Waals surface area (Å²) in [6.07, 6.45) is 101. The van der Waals surface area contributed by atoms with Crippen LogP contribution < -0.4 is 0 Å². The van der Waals surface area contributed by atoms with Gasteiger partial charge >= 0.3 is 33.6 Å². The van der Waals surface area contributed by atoms with Gasteiger partial charge in [0.1, 0.15) is 25.4 Å². The molecule has 0 bridgehead atoms. The van der Waals surface area contributed by atoms with Crippen LogP contribution >= 0.6 is 15.6 Å². The van der Waals surface area contributed by atoms with Crippen LogP contribution in [0.4, 0.5) is 0 Å². The minimum Gasteiger partial charge on any atom is -0.463 e. The van der Waals surface area contributed by atoms with Gasteiger partial charge in [-0.2, -0.15) is 0 Å². The van der Waals surface area contributed by atoms with E-state index in [4.69, 9.17) is 32.3 Å². The molecule has 0 radical (unpaired) electrons. The van der Waals surface area contributed by atoms with Crippen LogP contribution in [0.5, 0.6) is 0 Å². The van der Waals surface area contributed by atoms with Crippen molar-refractivity contribution in [1.82, 2.24) is 0 Å². The molecule has 0 aromatic heterocycles. The Morgan fingerprint density at radius 3 is 0.785 bits per heavy atom. The number of aliphatic hydroxyl groups is 2. The highest BCUT2D eigenvalue weighted by Gasteiger charge is 2.29. The van der Waals surface area contributed by atoms with Crippen LogP contribution in [0.25, 0.3) is 0 Å². The molecule has 18 heteroatoms. The summed E-state index contributed by atoms with van der Waals surface area (Å²) in [5.41, 5.74) is 0. The quantitative estimate of drug-likeness (QED) is 0.0146. The van der Waals surface area contributed by atoms with Gasteiger partial charge in [0.05, 0.1) is 26.4 Å². The Morgan fingerprint density at radius 2 is 0.495 bits per heavy atom. The van der Waals surface area contributed by atoms with Crippen molar-refractivity contribution in [3.8, 4) is 0 Å². The SMILES string of the molecule is CC/C=C\C/C=C\C/C=C\C/C=C\C/C=C\CCCCCCCCCCCC(=O)OCC(O)COP(=O)(O)OCC(O)COP(=O)(O)OCC(COC(=O)CCCCCCCCC/C=C\C/C=C\C/C=C\C/C=C\CCCCC)OC(=O)CCCCCCCCC/C=C\C/C=C\C/C=C\C/C=C\CCCCC. The second-order valence-electron chi connectivity index (χ2n) is 27.5. The predicted octanol–water partition coefficient (Wildman–Crippen LogP) is 25.0. The number of aliphatic hydroxyl groups excluding tert-OH is 2. The fraction of sp³-hybridized carbons (Fsp3) is 0.674. The molecule has 0 heterocycles. The van der Waals surface area contributed by atoms with Crippen molar-refractivity contribution in [3.05, 3.63) is 158 Å². The van der Waals surface area contributed by atoms with Gasteiger partial charge in [-0.25, -0.2) is 9.13 Å². The number of rotatable bonds is 78. The minimum atomic E-state index is -4.95. The fourth-order valence-electron chi connectivity index (χ4n) is 10.9. The predicted molar refractivity (Wildman–Crippen MR) is 445 cm³/mol. The molecule has 16 nitrogen and oxygen atoms in total. The van der Waals surface area contributed by atoms with Crippen LogP contribution in [0.2, 0.25) is 0 Å². The topological polar surface area (TPSA) is 231 Å². The van der Waals surface area contributed by atoms with Gasteiger partial charge < -0.3 is 34.2 Å². The fourth-order valence-corrected chi connectivity index (χ4v) is 12.4. The molecule has 0 aromatic rings. The summed E-state index contributed by atoms with van der Waals surface area (Å²) >= 11 is 0. The van der Waals surface area contributed by atoms with Crippen LogP contribution in [0.1, 0.15) is 329 Å². The first-order chi connectivity index (χ1) is 52.2. The Bertz CT molecular complexity index is 2580. The number of hydrogen-bond donors (Lipinski definition) is 4. The molecule has 5 atom stereocenters. The third kappa shape index (κ3) is 82.0. The van der Waals surface area contributed by atoms with Gasteiger partial charge in [0.15, 0.2) is 6.10 Å². The molecule has 0 aliphatic rings. The standard InChI is InChI=1S/C89H150O16P2/c1-4-7-10-13-16-19-22-25-28-31-34-37-40-41-44-46-48-51-54-57-60-63-66-69-72-75-87(92)99-78-84(90)79-101-106(95,96)102-80-85(91)81-103-107(97,98)104-83-86(105-89(94)77-74-71-68-65-62-59-56-53-50-47-43-39-36-33-30-27-24-21-18-15-12-9-6-3)82-100-88(93)76-73-70-67-64-61-58-55-52-49-45-42-38-35-32-29-26-23-20-17-14-11-8-5-2/h7,10,16-21,25-30,34-39,41,44-45,47,49-50,84-86,90-91H,4-6,8-9,11-15,22-24,31-33,40,42-43,46,48,51-83H2,1-3H3,(H,95,96)(H,97,98)/b10-7-,19-16-,20-17-,21-18-,28-25-,29-26-,30-27-,37-34-,38-35-,39-36-,44-41-,49-45-,50-47-. The summed E-state index contributed by atoms with van der Waals surface area (Å²) < 4.78 is 61.3. The summed E-state index contributed by atoms with van der Waals surface area (Å²) in [6.45, 7) is 2.50. The largest absolute Gasteiger partial charge is 0.472 e. The van der Waals surface area contributed by atoms with Gasteiger partial charge in [0.2, 0.25) is 0 Å². The average Bonchev–Trinajstić information content (AvgIpc) is 0.903. The smallest absolute Gasteiger partial charge is 0.463 e. The van der Waals surface area contributed by atoms with E-state index in [2.05, 4.69) is 179 Å². The van der Waals surface area contributed by atoms with Crippen molar-refractivity contribution in [2.45, 2.75) is 347 Å². The number of phosphoric acid groups is 2. The number of hydrogen-bond acceptors (Lipinski definition) is 14. The number of ether oxygens (including phenoxy) is 3. The first-order valence-electron chi connectivity index (χ1n) is 41.8. The molecule has 0 aliphatic carbocycles. The maximum atomic E-state index is 13.0. The lowest BCUT2D eigenvalue weighted by Gasteiger charge is -2.21. The maximum Gasteiger partial charge on any atom is 0.472 e. The molecule has 0 amide bonds. The molecular formula is C89H150O16P2. The number of phosphoric ester groups is 2. The first-order valence-corrected chi connectivity index (χ1v) is 44.8. The zero-order valence-electron chi connectivity index (χ0n) is 67.0. The Hall–Kier alpha value is -4.83. The van der Waals surface area contributed by atoms with Crippen molar-refractivity contribution in [3.63, 3.8) is 0 Å². The molecule has 0 saturated carbocycles. The van der Waals surface area contributed by atoms with E-state index in [0.717, 1.165) is 193 Å². The summed E-state index contributed by atoms with van der Waals surface area (Å²) in [6, 6.07) is 0. The van der Waals surface area contributed by atoms with E-state index in [-0.39, 0.29) is 19.3 Å². The molecule has 5 unspecified atom stereocenters. The van der Waals surface area contributed by atoms with Gasteiger partial charge in [0.25, 0.3) is 0 Å². The highest BCUT2D eigenvalue weighted by atomic mass is 31.2. The van der Waals surface area contributed by atoms with Crippen molar-refractivity contribution < 1.29 is 75.8 Å². The van der Waals surface area contributed by atoms with Crippen molar-refractivity contribution in [1.29, 1.82) is 0 Å². The summed E-state index contributed by atoms with van der Waals surface area (Å²) in [7, 11) is -9.82. The van der Waals surface area contributed by atoms with Crippen LogP contribution in [0.15, 0.2) is 158 Å². The van der Waals surface area contributed by atoms with Crippen LogP contribution in [-0.2, 0) is 55.8 Å². The molecule has 0 rings (SSSR count). The molecule has 0 spiro atoms. The number of carbonyl (C=O) groups excluding carboxylic acids is 3. The lowest BCUT2D eigenvalue weighted by molar-refractivity contribution is -0.161. The number of carbonyl (C=O) groups is 3. The summed E-state index contributed by atoms with van der Waals surface area (Å²) in [5, 5.41) is 20.7. The number of unbranched alkanes of at least 4 members (excludes halogenated alkanes) is 29. The molecular weight excluding hydrogens is 1390 g/mol. The van der Waals surface area contributed by atoms with Crippen molar-refractivity contribution in [2.24, 2.45) is 0 Å². The van der Waals surface area contributed by atoms with E-state index in [9.17, 15) is 43.5 Å². The van der Waals surface area contributed by atoms with E-state index >= 15 is 0 Å². The Labute approximate surface area is 650 Å². The minimum absolute atomic E-state index is 0.0847. The van der Waals surface area contributed by atoms with E-state index < -0.39 is 91.5 Å². The lowest BCUT2D eigenvalue weighted by atomic mass is 10.1.